The van der Waals surface area contributed by atoms with E-state index in [1.165, 1.54) is 11.3 Å². The fourth-order valence-corrected chi connectivity index (χ4v) is 4.77. The Morgan fingerprint density at radius 2 is 2.19 bits per heavy atom. The lowest BCUT2D eigenvalue weighted by Gasteiger charge is -2.11. The molecule has 1 amide bonds. The number of imidazole rings is 1. The Morgan fingerprint density at radius 1 is 1.31 bits per heavy atom. The molecular weight excluding hydrogens is 424 g/mol. The highest BCUT2D eigenvalue weighted by Gasteiger charge is 2.19. The summed E-state index contributed by atoms with van der Waals surface area (Å²) >= 11 is 1.41. The number of thiophene rings is 1. The first-order valence-electron chi connectivity index (χ1n) is 10.5. The van der Waals surface area contributed by atoms with Gasteiger partial charge in [0, 0.05) is 38.1 Å². The minimum absolute atomic E-state index is 0.0603. The summed E-state index contributed by atoms with van der Waals surface area (Å²) in [5, 5.41) is 14.8. The first-order valence-corrected chi connectivity index (χ1v) is 11.3. The molecule has 0 saturated heterocycles. The number of aromatic nitrogens is 5. The second-order valence-corrected chi connectivity index (χ2v) is 8.71. The third-order valence-corrected chi connectivity index (χ3v) is 6.43. The van der Waals surface area contributed by atoms with Crippen molar-refractivity contribution < 1.29 is 4.79 Å². The summed E-state index contributed by atoms with van der Waals surface area (Å²) in [5.41, 5.74) is 5.38. The van der Waals surface area contributed by atoms with E-state index in [1.807, 2.05) is 56.1 Å². The van der Waals surface area contributed by atoms with Gasteiger partial charge in [0.15, 0.2) is 11.5 Å². The molecule has 10 heteroatoms. The number of hydrogen-bond donors (Lipinski definition) is 3. The van der Waals surface area contributed by atoms with Gasteiger partial charge in [-0.3, -0.25) is 13.9 Å². The number of nitrogens with one attached hydrogen (secondary N) is 3. The first kappa shape index (κ1) is 20.3. The number of aryl methyl sites for hydroxylation is 2. The molecule has 32 heavy (non-hydrogen) atoms. The summed E-state index contributed by atoms with van der Waals surface area (Å²) in [5.74, 6) is 0.575. The molecule has 0 unspecified atom stereocenters. The van der Waals surface area contributed by atoms with E-state index in [1.54, 1.807) is 4.68 Å². The molecule has 1 aliphatic heterocycles. The van der Waals surface area contributed by atoms with E-state index in [-0.39, 0.29) is 5.91 Å². The molecule has 0 radical (unpaired) electrons. The zero-order valence-electron chi connectivity index (χ0n) is 18.1. The smallest absolute Gasteiger partial charge is 0.261 e. The fourth-order valence-electron chi connectivity index (χ4n) is 3.79. The fraction of sp³-hybridized carbons (Fsp3) is 0.273. The maximum absolute atomic E-state index is 12.3. The highest BCUT2D eigenvalue weighted by molar-refractivity contribution is 7.18. The zero-order chi connectivity index (χ0) is 22.2. The Labute approximate surface area is 189 Å². The molecule has 0 aromatic carbocycles. The summed E-state index contributed by atoms with van der Waals surface area (Å²) in [6.45, 7) is 5.35. The average molecular weight is 449 g/mol. The van der Waals surface area contributed by atoms with Gasteiger partial charge in [-0.25, -0.2) is 9.97 Å². The van der Waals surface area contributed by atoms with Gasteiger partial charge in [0.2, 0.25) is 0 Å². The van der Waals surface area contributed by atoms with Crippen molar-refractivity contribution in [1.82, 2.24) is 34.8 Å². The second-order valence-electron chi connectivity index (χ2n) is 7.65. The third-order valence-electron chi connectivity index (χ3n) is 5.28. The van der Waals surface area contributed by atoms with Gasteiger partial charge in [-0.2, -0.15) is 5.10 Å². The predicted molar refractivity (Wildman–Crippen MR) is 126 cm³/mol. The van der Waals surface area contributed by atoms with Crippen LogP contribution in [0.25, 0.3) is 22.6 Å². The van der Waals surface area contributed by atoms with Crippen LogP contribution in [0.5, 0.6) is 0 Å². The zero-order valence-corrected chi connectivity index (χ0v) is 19.0. The first-order chi connectivity index (χ1) is 15.5. The van der Waals surface area contributed by atoms with Gasteiger partial charge in [0.05, 0.1) is 33.7 Å². The number of amides is 1. The summed E-state index contributed by atoms with van der Waals surface area (Å²) in [6.07, 6.45) is 10.7. The molecule has 5 heterocycles. The summed E-state index contributed by atoms with van der Waals surface area (Å²) in [4.78, 5) is 22.6. The molecule has 0 bridgehead atoms. The molecule has 1 aliphatic rings. The molecule has 0 aliphatic carbocycles. The monoisotopic (exact) mass is 448 g/mol. The standard InChI is InChI=1S/C22H24N8OS/c1-4-23-22(31)19-13(2)8-18(32-19)28-20-21-25-10-17(14-9-26-29(3)11-14)30(21)12-16(27-20)15-6-5-7-24-15/h6,8-12,24H,4-5,7H2,1-3H3,(H,23,31)(H,27,28). The molecule has 3 N–H and O–H groups in total. The maximum atomic E-state index is 12.3. The van der Waals surface area contributed by atoms with Crippen LogP contribution in [-0.2, 0) is 7.05 Å². The van der Waals surface area contributed by atoms with E-state index in [9.17, 15) is 4.79 Å². The predicted octanol–water partition coefficient (Wildman–Crippen LogP) is 3.33. The van der Waals surface area contributed by atoms with Crippen molar-refractivity contribution in [2.24, 2.45) is 7.05 Å². The van der Waals surface area contributed by atoms with Crippen LogP contribution in [0.15, 0.2) is 36.9 Å². The van der Waals surface area contributed by atoms with Gasteiger partial charge < -0.3 is 16.0 Å². The summed E-state index contributed by atoms with van der Waals surface area (Å²) < 4.78 is 3.81. The van der Waals surface area contributed by atoms with Gasteiger partial charge in [-0.05, 0) is 31.9 Å². The van der Waals surface area contributed by atoms with Crippen molar-refractivity contribution in [2.75, 3.05) is 18.4 Å². The van der Waals surface area contributed by atoms with Crippen molar-refractivity contribution in [1.29, 1.82) is 0 Å². The van der Waals surface area contributed by atoms with Crippen LogP contribution < -0.4 is 16.0 Å². The minimum Gasteiger partial charge on any atom is -0.383 e. The van der Waals surface area contributed by atoms with E-state index in [2.05, 4.69) is 32.1 Å². The number of nitrogens with zero attached hydrogens (tertiary/aromatic N) is 5. The van der Waals surface area contributed by atoms with E-state index in [0.29, 0.717) is 22.9 Å². The normalized spacial score (nSPS) is 13.3. The van der Waals surface area contributed by atoms with Crippen LogP contribution in [0.3, 0.4) is 0 Å². The Kier molecular flexibility index (Phi) is 5.14. The highest BCUT2D eigenvalue weighted by atomic mass is 32.1. The summed E-state index contributed by atoms with van der Waals surface area (Å²) in [6, 6.07) is 1.97. The molecule has 4 aromatic rings. The Bertz CT molecular complexity index is 1350. The molecular formula is C22H24N8OS. The quantitative estimate of drug-likeness (QED) is 0.418. The van der Waals surface area contributed by atoms with Crippen molar-refractivity contribution in [3.8, 4) is 11.3 Å². The topological polar surface area (TPSA) is 101 Å². The molecule has 5 rings (SSSR count). The molecule has 0 spiro atoms. The van der Waals surface area contributed by atoms with Gasteiger partial charge in [-0.1, -0.05) is 6.08 Å². The Hall–Kier alpha value is -3.66. The number of carbonyl (C=O) groups is 1. The van der Waals surface area contributed by atoms with Crippen molar-refractivity contribution in [3.05, 3.63) is 53.1 Å². The van der Waals surface area contributed by atoms with Crippen molar-refractivity contribution in [2.45, 2.75) is 20.3 Å². The van der Waals surface area contributed by atoms with Crippen LogP contribution in [0.2, 0.25) is 0 Å². The lowest BCUT2D eigenvalue weighted by atomic mass is 10.2. The number of anilines is 2. The average Bonchev–Trinajstić information content (AvgIpc) is 3.54. The van der Waals surface area contributed by atoms with Gasteiger partial charge in [-0.15, -0.1) is 11.3 Å². The number of rotatable bonds is 6. The molecule has 4 aromatic heterocycles. The van der Waals surface area contributed by atoms with E-state index < -0.39 is 0 Å². The van der Waals surface area contributed by atoms with Crippen LogP contribution in [0.4, 0.5) is 10.8 Å². The number of hydrogen-bond acceptors (Lipinski definition) is 7. The Morgan fingerprint density at radius 3 is 2.91 bits per heavy atom. The van der Waals surface area contributed by atoms with Crippen LogP contribution >= 0.6 is 11.3 Å². The molecule has 0 saturated carbocycles. The Balaban J connectivity index is 1.60. The van der Waals surface area contributed by atoms with E-state index in [0.717, 1.165) is 46.2 Å². The second kappa shape index (κ2) is 8.12. The van der Waals surface area contributed by atoms with E-state index in [4.69, 9.17) is 4.98 Å². The van der Waals surface area contributed by atoms with Crippen LogP contribution in [0, 0.1) is 6.92 Å². The van der Waals surface area contributed by atoms with Gasteiger partial charge in [0.1, 0.15) is 5.69 Å². The maximum Gasteiger partial charge on any atom is 0.261 e. The molecule has 0 fully saturated rings. The van der Waals surface area contributed by atoms with Crippen molar-refractivity contribution in [3.63, 3.8) is 0 Å². The SMILES string of the molecule is CCNC(=O)c1sc(Nc2nc(C3=CCCN3)cn3c(-c4cnn(C)c4)cnc23)cc1C. The molecule has 0 atom stereocenters. The lowest BCUT2D eigenvalue weighted by Crippen LogP contribution is -2.22. The van der Waals surface area contributed by atoms with E-state index >= 15 is 0 Å². The van der Waals surface area contributed by atoms with Crippen molar-refractivity contribution >= 4 is 39.4 Å². The molecule has 164 valence electrons. The largest absolute Gasteiger partial charge is 0.383 e. The number of fused-ring (bicyclic) bond motifs is 1. The number of carbonyl (C=O) groups excluding carboxylic acids is 1. The van der Waals surface area contributed by atoms with Gasteiger partial charge >= 0.3 is 0 Å². The van der Waals surface area contributed by atoms with Gasteiger partial charge in [0.25, 0.3) is 5.91 Å². The third kappa shape index (κ3) is 3.62. The molecule has 9 nitrogen and oxygen atoms in total. The van der Waals surface area contributed by atoms with Crippen LogP contribution in [-0.4, -0.2) is 43.1 Å². The lowest BCUT2D eigenvalue weighted by molar-refractivity contribution is 0.0959. The van der Waals surface area contributed by atoms with Crippen LogP contribution in [0.1, 0.15) is 34.3 Å². The minimum atomic E-state index is -0.0603. The highest BCUT2D eigenvalue weighted by Crippen LogP contribution is 2.32. The summed E-state index contributed by atoms with van der Waals surface area (Å²) in [7, 11) is 1.89.